The SMILES string of the molecule is CC(=O)c1ccc(NC(=O)c2ccnc(NCCc3ccc(Cl)cc3)n2)cc1. The molecule has 0 saturated carbocycles. The van der Waals surface area contributed by atoms with Crippen molar-refractivity contribution in [3.05, 3.63) is 82.6 Å². The molecule has 28 heavy (non-hydrogen) atoms. The summed E-state index contributed by atoms with van der Waals surface area (Å²) in [6.07, 6.45) is 2.31. The highest BCUT2D eigenvalue weighted by Gasteiger charge is 2.10. The smallest absolute Gasteiger partial charge is 0.274 e. The summed E-state index contributed by atoms with van der Waals surface area (Å²) >= 11 is 5.88. The molecule has 2 N–H and O–H groups in total. The molecule has 1 heterocycles. The summed E-state index contributed by atoms with van der Waals surface area (Å²) in [5.74, 6) is 0.00950. The van der Waals surface area contributed by atoms with Crippen molar-refractivity contribution in [3.63, 3.8) is 0 Å². The molecule has 7 heteroatoms. The number of benzene rings is 2. The Morgan fingerprint density at radius 1 is 1.00 bits per heavy atom. The Morgan fingerprint density at radius 2 is 1.71 bits per heavy atom. The molecule has 0 bridgehead atoms. The van der Waals surface area contributed by atoms with Gasteiger partial charge in [-0.05, 0) is 61.4 Å². The van der Waals surface area contributed by atoms with Crippen LogP contribution >= 0.6 is 11.6 Å². The van der Waals surface area contributed by atoms with Crippen LogP contribution in [0.4, 0.5) is 11.6 Å². The summed E-state index contributed by atoms with van der Waals surface area (Å²) in [5.41, 5.74) is 2.57. The molecule has 0 spiro atoms. The summed E-state index contributed by atoms with van der Waals surface area (Å²) < 4.78 is 0. The van der Waals surface area contributed by atoms with Crippen molar-refractivity contribution >= 4 is 34.9 Å². The van der Waals surface area contributed by atoms with Crippen LogP contribution in [0.5, 0.6) is 0 Å². The zero-order chi connectivity index (χ0) is 19.9. The highest BCUT2D eigenvalue weighted by atomic mass is 35.5. The number of hydrogen-bond acceptors (Lipinski definition) is 5. The highest BCUT2D eigenvalue weighted by Crippen LogP contribution is 2.12. The van der Waals surface area contributed by atoms with Gasteiger partial charge >= 0.3 is 0 Å². The lowest BCUT2D eigenvalue weighted by atomic mass is 10.1. The van der Waals surface area contributed by atoms with Gasteiger partial charge in [-0.1, -0.05) is 23.7 Å². The second-order valence-corrected chi connectivity index (χ2v) is 6.59. The number of carbonyl (C=O) groups excluding carboxylic acids is 2. The van der Waals surface area contributed by atoms with Gasteiger partial charge in [-0.25, -0.2) is 9.97 Å². The third-order valence-corrected chi connectivity index (χ3v) is 4.30. The number of Topliss-reactive ketones (excluding diaryl/α,β-unsaturated/α-hetero) is 1. The number of amides is 1. The zero-order valence-electron chi connectivity index (χ0n) is 15.3. The average molecular weight is 395 g/mol. The van der Waals surface area contributed by atoms with Gasteiger partial charge in [0.15, 0.2) is 5.78 Å². The van der Waals surface area contributed by atoms with Gasteiger partial charge in [0.05, 0.1) is 0 Å². The van der Waals surface area contributed by atoms with Crippen LogP contribution in [0.1, 0.15) is 33.3 Å². The molecule has 6 nitrogen and oxygen atoms in total. The molecule has 0 unspecified atom stereocenters. The van der Waals surface area contributed by atoms with Crippen LogP contribution in [0.2, 0.25) is 5.02 Å². The van der Waals surface area contributed by atoms with Gasteiger partial charge in [0.25, 0.3) is 5.91 Å². The van der Waals surface area contributed by atoms with E-state index in [0.29, 0.717) is 28.8 Å². The van der Waals surface area contributed by atoms with Crippen molar-refractivity contribution in [1.82, 2.24) is 9.97 Å². The minimum absolute atomic E-state index is 0.0250. The number of rotatable bonds is 7. The zero-order valence-corrected chi connectivity index (χ0v) is 16.0. The molecule has 0 atom stereocenters. The largest absolute Gasteiger partial charge is 0.354 e. The third kappa shape index (κ3) is 5.37. The summed E-state index contributed by atoms with van der Waals surface area (Å²) in [6.45, 7) is 2.12. The summed E-state index contributed by atoms with van der Waals surface area (Å²) in [7, 11) is 0. The Labute approximate surface area is 168 Å². The molecule has 0 radical (unpaired) electrons. The predicted molar refractivity (Wildman–Crippen MR) is 110 cm³/mol. The lowest BCUT2D eigenvalue weighted by Gasteiger charge is -2.08. The topological polar surface area (TPSA) is 84.0 Å². The van der Waals surface area contributed by atoms with Crippen LogP contribution in [-0.4, -0.2) is 28.2 Å². The first-order valence-electron chi connectivity index (χ1n) is 8.75. The van der Waals surface area contributed by atoms with Crippen molar-refractivity contribution in [2.45, 2.75) is 13.3 Å². The fourth-order valence-electron chi connectivity index (χ4n) is 2.52. The number of ketones is 1. The Bertz CT molecular complexity index is 972. The number of aromatic nitrogens is 2. The van der Waals surface area contributed by atoms with Crippen molar-refractivity contribution in [2.24, 2.45) is 0 Å². The number of nitrogens with zero attached hydrogens (tertiary/aromatic N) is 2. The van der Waals surface area contributed by atoms with Crippen LogP contribution in [0.25, 0.3) is 0 Å². The van der Waals surface area contributed by atoms with Gasteiger partial charge < -0.3 is 10.6 Å². The third-order valence-electron chi connectivity index (χ3n) is 4.05. The maximum Gasteiger partial charge on any atom is 0.274 e. The number of hydrogen-bond donors (Lipinski definition) is 2. The summed E-state index contributed by atoms with van der Waals surface area (Å²) in [5, 5.41) is 6.58. The first-order valence-corrected chi connectivity index (χ1v) is 9.13. The number of nitrogens with one attached hydrogen (secondary N) is 2. The van der Waals surface area contributed by atoms with Gasteiger partial charge in [-0.2, -0.15) is 0 Å². The molecule has 0 aliphatic carbocycles. The molecule has 3 rings (SSSR count). The van der Waals surface area contributed by atoms with Crippen LogP contribution in [-0.2, 0) is 6.42 Å². The predicted octanol–water partition coefficient (Wildman–Crippen LogP) is 4.24. The maximum atomic E-state index is 12.4. The first-order chi connectivity index (χ1) is 13.5. The van der Waals surface area contributed by atoms with Gasteiger partial charge in [0, 0.05) is 29.0 Å². The molecular formula is C21H19ClN4O2. The van der Waals surface area contributed by atoms with Crippen molar-refractivity contribution in [1.29, 1.82) is 0 Å². The molecule has 1 aromatic heterocycles. The van der Waals surface area contributed by atoms with E-state index in [4.69, 9.17) is 11.6 Å². The Morgan fingerprint density at radius 3 is 2.39 bits per heavy atom. The van der Waals surface area contributed by atoms with Gasteiger partial charge in [-0.15, -0.1) is 0 Å². The lowest BCUT2D eigenvalue weighted by Crippen LogP contribution is -2.16. The molecule has 142 valence electrons. The monoisotopic (exact) mass is 394 g/mol. The van der Waals surface area contributed by atoms with E-state index in [9.17, 15) is 9.59 Å². The fourth-order valence-corrected chi connectivity index (χ4v) is 2.65. The molecule has 3 aromatic rings. The van der Waals surface area contributed by atoms with Crippen LogP contribution in [0, 0.1) is 0 Å². The van der Waals surface area contributed by atoms with E-state index >= 15 is 0 Å². The summed E-state index contributed by atoms with van der Waals surface area (Å²) in [4.78, 5) is 32.1. The second-order valence-electron chi connectivity index (χ2n) is 6.16. The number of halogens is 1. The Hall–Kier alpha value is -3.25. The van der Waals surface area contributed by atoms with Crippen molar-refractivity contribution < 1.29 is 9.59 Å². The Kier molecular flexibility index (Phi) is 6.34. The van der Waals surface area contributed by atoms with E-state index in [1.165, 1.54) is 13.1 Å². The van der Waals surface area contributed by atoms with E-state index < -0.39 is 0 Å². The number of carbonyl (C=O) groups is 2. The van der Waals surface area contributed by atoms with Gasteiger partial charge in [-0.3, -0.25) is 9.59 Å². The standard InChI is InChI=1S/C21H19ClN4O2/c1-14(27)16-4-8-18(9-5-16)25-20(28)19-11-13-24-21(26-19)23-12-10-15-2-6-17(22)7-3-15/h2-9,11,13H,10,12H2,1H3,(H,25,28)(H,23,24,26). The first kappa shape index (κ1) is 19.5. The van der Waals surface area contributed by atoms with E-state index in [0.717, 1.165) is 12.0 Å². The highest BCUT2D eigenvalue weighted by molar-refractivity contribution is 6.30. The minimum Gasteiger partial charge on any atom is -0.354 e. The molecule has 1 amide bonds. The van der Waals surface area contributed by atoms with Gasteiger partial charge in [0.1, 0.15) is 5.69 Å². The molecule has 2 aromatic carbocycles. The average Bonchev–Trinajstić information content (AvgIpc) is 2.70. The van der Waals surface area contributed by atoms with Crippen LogP contribution in [0.3, 0.4) is 0 Å². The maximum absolute atomic E-state index is 12.4. The normalized spacial score (nSPS) is 10.4. The van der Waals surface area contributed by atoms with E-state index in [-0.39, 0.29) is 17.4 Å². The van der Waals surface area contributed by atoms with Crippen LogP contribution in [0.15, 0.2) is 60.8 Å². The van der Waals surface area contributed by atoms with E-state index in [1.54, 1.807) is 30.3 Å². The molecule has 0 saturated heterocycles. The lowest BCUT2D eigenvalue weighted by molar-refractivity contribution is 0.101. The quantitative estimate of drug-likeness (QED) is 0.585. The minimum atomic E-state index is -0.348. The van der Waals surface area contributed by atoms with E-state index in [1.807, 2.05) is 24.3 Å². The summed E-state index contributed by atoms with van der Waals surface area (Å²) in [6, 6.07) is 15.9. The van der Waals surface area contributed by atoms with Crippen molar-refractivity contribution in [3.8, 4) is 0 Å². The van der Waals surface area contributed by atoms with Gasteiger partial charge in [0.2, 0.25) is 5.95 Å². The molecule has 0 fully saturated rings. The Balaban J connectivity index is 1.57. The second kappa shape index (κ2) is 9.10. The molecule has 0 aliphatic heterocycles. The van der Waals surface area contributed by atoms with Crippen LogP contribution < -0.4 is 10.6 Å². The molecule has 0 aliphatic rings. The molecular weight excluding hydrogens is 376 g/mol. The van der Waals surface area contributed by atoms with Crippen molar-refractivity contribution in [2.75, 3.05) is 17.2 Å². The number of anilines is 2. The fraction of sp³-hybridized carbons (Fsp3) is 0.143. The van der Waals surface area contributed by atoms with E-state index in [2.05, 4.69) is 20.6 Å².